The monoisotopic (exact) mass is 378 g/mol. The van der Waals surface area contributed by atoms with E-state index < -0.39 is 0 Å². The molecule has 0 aliphatic heterocycles. The van der Waals surface area contributed by atoms with Gasteiger partial charge < -0.3 is 4.40 Å². The lowest BCUT2D eigenvalue weighted by Gasteiger charge is -2.10. The van der Waals surface area contributed by atoms with E-state index in [1.165, 1.54) is 5.56 Å². The number of aromatic nitrogens is 2. The molecule has 28 heavy (non-hydrogen) atoms. The van der Waals surface area contributed by atoms with Crippen LogP contribution in [0.4, 0.5) is 0 Å². The minimum atomic E-state index is 0.931. The molecule has 3 heteroatoms. The molecule has 2 heterocycles. The van der Waals surface area contributed by atoms with E-state index in [0.717, 1.165) is 38.5 Å². The predicted octanol–water partition coefficient (Wildman–Crippen LogP) is 6.62. The van der Waals surface area contributed by atoms with Crippen molar-refractivity contribution in [3.05, 3.63) is 103 Å². The van der Waals surface area contributed by atoms with Gasteiger partial charge in [-0.05, 0) is 28.8 Å². The summed E-state index contributed by atoms with van der Waals surface area (Å²) in [5, 5.41) is 0. The topological polar surface area (TPSA) is 17.3 Å². The Morgan fingerprint density at radius 3 is 1.96 bits per heavy atom. The van der Waals surface area contributed by atoms with Crippen molar-refractivity contribution in [1.29, 1.82) is 0 Å². The number of thiol groups is 1. The van der Waals surface area contributed by atoms with Crippen molar-refractivity contribution in [1.82, 2.24) is 9.38 Å². The highest BCUT2D eigenvalue weighted by Gasteiger charge is 2.14. The summed E-state index contributed by atoms with van der Waals surface area (Å²) in [6, 6.07) is 31.1. The molecule has 5 aromatic rings. The van der Waals surface area contributed by atoms with Crippen LogP contribution >= 0.6 is 12.6 Å². The largest absolute Gasteiger partial charge is 0.305 e. The second-order valence-electron chi connectivity index (χ2n) is 6.75. The molecule has 0 radical (unpaired) electrons. The van der Waals surface area contributed by atoms with Crippen molar-refractivity contribution in [2.75, 3.05) is 0 Å². The molecule has 0 fully saturated rings. The van der Waals surface area contributed by atoms with E-state index in [4.69, 9.17) is 17.6 Å². The van der Waals surface area contributed by atoms with E-state index in [1.807, 2.05) is 42.5 Å². The van der Waals surface area contributed by atoms with Crippen molar-refractivity contribution >= 4 is 18.3 Å². The Hall–Kier alpha value is -3.30. The fraction of sp³-hybridized carbons (Fsp3) is 0. The van der Waals surface area contributed by atoms with Crippen molar-refractivity contribution in [3.63, 3.8) is 0 Å². The molecule has 134 valence electrons. The molecular weight excluding hydrogens is 360 g/mol. The van der Waals surface area contributed by atoms with E-state index in [1.54, 1.807) is 0 Å². The van der Waals surface area contributed by atoms with Gasteiger partial charge in [-0.15, -0.1) is 12.6 Å². The maximum absolute atomic E-state index is 4.96. The van der Waals surface area contributed by atoms with Crippen molar-refractivity contribution < 1.29 is 0 Å². The van der Waals surface area contributed by atoms with Gasteiger partial charge in [0.25, 0.3) is 0 Å². The number of rotatable bonds is 3. The molecule has 0 saturated carbocycles. The van der Waals surface area contributed by atoms with Gasteiger partial charge in [0.1, 0.15) is 5.65 Å². The summed E-state index contributed by atoms with van der Waals surface area (Å²) in [5.74, 6) is 0. The zero-order chi connectivity index (χ0) is 18.9. The second-order valence-corrected chi connectivity index (χ2v) is 7.23. The Morgan fingerprint density at radius 1 is 0.607 bits per heavy atom. The predicted molar refractivity (Wildman–Crippen MR) is 119 cm³/mol. The van der Waals surface area contributed by atoms with Gasteiger partial charge in [0.15, 0.2) is 0 Å². The van der Waals surface area contributed by atoms with Crippen LogP contribution in [0.2, 0.25) is 0 Å². The quantitative estimate of drug-likeness (QED) is 0.349. The van der Waals surface area contributed by atoms with Gasteiger partial charge in [0, 0.05) is 28.4 Å². The average Bonchev–Trinajstić information content (AvgIpc) is 3.19. The van der Waals surface area contributed by atoms with Crippen LogP contribution in [0.3, 0.4) is 0 Å². The van der Waals surface area contributed by atoms with E-state index in [0.29, 0.717) is 0 Å². The third-order valence-electron chi connectivity index (χ3n) is 4.92. The van der Waals surface area contributed by atoms with Crippen LogP contribution in [0.5, 0.6) is 0 Å². The highest BCUT2D eigenvalue weighted by molar-refractivity contribution is 7.80. The van der Waals surface area contributed by atoms with Crippen molar-refractivity contribution in [2.24, 2.45) is 0 Å². The fourth-order valence-corrected chi connectivity index (χ4v) is 3.82. The maximum atomic E-state index is 4.96. The van der Waals surface area contributed by atoms with Crippen LogP contribution in [0.1, 0.15) is 0 Å². The smallest absolute Gasteiger partial charge is 0.145 e. The number of hydrogen-bond donors (Lipinski definition) is 1. The summed E-state index contributed by atoms with van der Waals surface area (Å²) < 4.78 is 2.13. The molecule has 0 aliphatic carbocycles. The molecule has 2 aromatic heterocycles. The van der Waals surface area contributed by atoms with Crippen LogP contribution < -0.4 is 0 Å². The number of nitrogens with zero attached hydrogens (tertiary/aromatic N) is 2. The number of benzene rings is 3. The van der Waals surface area contributed by atoms with Crippen LogP contribution in [0, 0.1) is 0 Å². The van der Waals surface area contributed by atoms with Gasteiger partial charge in [-0.25, -0.2) is 4.98 Å². The molecule has 3 aromatic carbocycles. The molecule has 0 N–H and O–H groups in total. The van der Waals surface area contributed by atoms with E-state index in [9.17, 15) is 0 Å². The first-order valence-corrected chi connectivity index (χ1v) is 9.66. The molecule has 5 rings (SSSR count). The Kier molecular flexibility index (Phi) is 4.22. The molecule has 0 aliphatic rings. The summed E-state index contributed by atoms with van der Waals surface area (Å²) in [5.41, 5.74) is 7.49. The first-order chi connectivity index (χ1) is 13.8. The lowest BCUT2D eigenvalue weighted by Crippen LogP contribution is -1.91. The average molecular weight is 379 g/mol. The first-order valence-electron chi connectivity index (χ1n) is 9.21. The highest BCUT2D eigenvalue weighted by atomic mass is 32.1. The van der Waals surface area contributed by atoms with Crippen molar-refractivity contribution in [3.8, 4) is 33.5 Å². The molecule has 0 atom stereocenters. The summed E-state index contributed by atoms with van der Waals surface area (Å²) in [4.78, 5) is 5.91. The number of fused-ring (bicyclic) bond motifs is 1. The van der Waals surface area contributed by atoms with Crippen molar-refractivity contribution in [2.45, 2.75) is 4.90 Å². The Bertz CT molecular complexity index is 1260. The molecule has 0 spiro atoms. The molecule has 0 unspecified atom stereocenters. The van der Waals surface area contributed by atoms with Crippen LogP contribution in [0.15, 0.2) is 108 Å². The Labute approximate surface area is 169 Å². The van der Waals surface area contributed by atoms with Crippen LogP contribution in [-0.2, 0) is 0 Å². The summed E-state index contributed by atoms with van der Waals surface area (Å²) >= 11 is 4.70. The van der Waals surface area contributed by atoms with E-state index in [-0.39, 0.29) is 0 Å². The fourth-order valence-electron chi connectivity index (χ4n) is 3.53. The number of imidazole rings is 1. The zero-order valence-electron chi connectivity index (χ0n) is 15.2. The van der Waals surface area contributed by atoms with Gasteiger partial charge in [-0.1, -0.05) is 78.9 Å². The van der Waals surface area contributed by atoms with Crippen LogP contribution in [-0.4, -0.2) is 9.38 Å². The zero-order valence-corrected chi connectivity index (χ0v) is 16.1. The number of pyridine rings is 1. The minimum Gasteiger partial charge on any atom is -0.305 e. The van der Waals surface area contributed by atoms with Gasteiger partial charge in [0.2, 0.25) is 0 Å². The third kappa shape index (κ3) is 3.00. The Morgan fingerprint density at radius 2 is 1.25 bits per heavy atom. The standard InChI is InChI=1S/C25H18N2S/c28-24-14-8-7-13-21(24)22-15-20(18-9-3-1-4-10-18)16-27-17-23(26-25(22)27)19-11-5-2-6-12-19/h1-17,28H. The molecule has 0 amide bonds. The normalized spacial score (nSPS) is 11.0. The SMILES string of the molecule is Sc1ccccc1-c1cc(-c2ccccc2)cn2cc(-c3ccccc3)nc12. The third-order valence-corrected chi connectivity index (χ3v) is 5.31. The van der Waals surface area contributed by atoms with E-state index >= 15 is 0 Å². The molecule has 0 bridgehead atoms. The maximum Gasteiger partial charge on any atom is 0.145 e. The van der Waals surface area contributed by atoms with Crippen LogP contribution in [0.25, 0.3) is 39.2 Å². The van der Waals surface area contributed by atoms with Gasteiger partial charge in [-0.3, -0.25) is 0 Å². The highest BCUT2D eigenvalue weighted by Crippen LogP contribution is 2.34. The van der Waals surface area contributed by atoms with Gasteiger partial charge >= 0.3 is 0 Å². The van der Waals surface area contributed by atoms with Gasteiger partial charge in [0.05, 0.1) is 5.69 Å². The molecule has 2 nitrogen and oxygen atoms in total. The summed E-state index contributed by atoms with van der Waals surface area (Å²) in [6.07, 6.45) is 4.25. The lowest BCUT2D eigenvalue weighted by molar-refractivity contribution is 1.19. The minimum absolute atomic E-state index is 0.931. The Balaban J connectivity index is 1.80. The lowest BCUT2D eigenvalue weighted by atomic mass is 10.0. The first kappa shape index (κ1) is 16.8. The second kappa shape index (κ2) is 7.02. The number of hydrogen-bond acceptors (Lipinski definition) is 2. The van der Waals surface area contributed by atoms with E-state index in [2.05, 4.69) is 65.3 Å². The van der Waals surface area contributed by atoms with Gasteiger partial charge in [-0.2, -0.15) is 0 Å². The molecular formula is C25H18N2S. The summed E-state index contributed by atoms with van der Waals surface area (Å²) in [6.45, 7) is 0. The molecule has 0 saturated heterocycles. The summed E-state index contributed by atoms with van der Waals surface area (Å²) in [7, 11) is 0.